The number of rotatable bonds is 2. The van der Waals surface area contributed by atoms with Crippen molar-refractivity contribution in [2.75, 3.05) is 5.32 Å². The first-order valence-electron chi connectivity index (χ1n) is 7.19. The van der Waals surface area contributed by atoms with Crippen molar-refractivity contribution in [1.29, 1.82) is 0 Å². The molecule has 2 nitrogen and oxygen atoms in total. The minimum absolute atomic E-state index is 0.338. The summed E-state index contributed by atoms with van der Waals surface area (Å²) in [5, 5.41) is 4.85. The second-order valence-electron chi connectivity index (χ2n) is 5.40. The fourth-order valence-electron chi connectivity index (χ4n) is 3.08. The minimum atomic E-state index is 0.338. The molecule has 3 aromatic rings. The number of hydrogen-bond donors (Lipinski definition) is 1. The van der Waals surface area contributed by atoms with E-state index in [9.17, 15) is 0 Å². The van der Waals surface area contributed by atoms with Crippen molar-refractivity contribution >= 4 is 39.5 Å². The van der Waals surface area contributed by atoms with Gasteiger partial charge in [0, 0.05) is 16.5 Å². The van der Waals surface area contributed by atoms with Gasteiger partial charge in [-0.3, -0.25) is 4.98 Å². The fourth-order valence-corrected chi connectivity index (χ4v) is 4.46. The van der Waals surface area contributed by atoms with Crippen molar-refractivity contribution in [1.82, 2.24) is 4.98 Å². The molecule has 0 aliphatic heterocycles. The second-order valence-corrected chi connectivity index (χ2v) is 7.17. The molecule has 106 valence electrons. The van der Waals surface area contributed by atoms with E-state index in [0.29, 0.717) is 6.04 Å². The third kappa shape index (κ3) is 2.41. The molecule has 0 amide bonds. The first kappa shape index (κ1) is 13.1. The molecule has 2 aromatic heterocycles. The molecule has 1 aliphatic carbocycles. The quantitative estimate of drug-likeness (QED) is 0.681. The number of aromatic nitrogens is 1. The van der Waals surface area contributed by atoms with Crippen molar-refractivity contribution in [2.45, 2.75) is 25.3 Å². The van der Waals surface area contributed by atoms with E-state index in [4.69, 9.17) is 11.6 Å². The Morgan fingerprint density at radius 1 is 1.24 bits per heavy atom. The van der Waals surface area contributed by atoms with Gasteiger partial charge in [-0.2, -0.15) is 0 Å². The molecule has 1 atom stereocenters. The van der Waals surface area contributed by atoms with Crippen molar-refractivity contribution in [2.24, 2.45) is 0 Å². The molecule has 0 saturated heterocycles. The van der Waals surface area contributed by atoms with Crippen LogP contribution in [0.15, 0.2) is 42.6 Å². The summed E-state index contributed by atoms with van der Waals surface area (Å²) in [4.78, 5) is 5.95. The molecule has 21 heavy (non-hydrogen) atoms. The smallest absolute Gasteiger partial charge is 0.0934 e. The molecule has 1 aromatic carbocycles. The summed E-state index contributed by atoms with van der Waals surface area (Å²) in [6.45, 7) is 0. The highest BCUT2D eigenvalue weighted by molar-refractivity contribution is 7.16. The van der Waals surface area contributed by atoms with Crippen LogP contribution >= 0.6 is 22.9 Å². The number of thiophene rings is 1. The largest absolute Gasteiger partial charge is 0.376 e. The van der Waals surface area contributed by atoms with Gasteiger partial charge in [-0.15, -0.1) is 11.3 Å². The van der Waals surface area contributed by atoms with Crippen molar-refractivity contribution in [3.63, 3.8) is 0 Å². The first-order chi connectivity index (χ1) is 10.3. The van der Waals surface area contributed by atoms with Crippen LogP contribution in [-0.4, -0.2) is 4.98 Å². The van der Waals surface area contributed by atoms with Gasteiger partial charge in [-0.25, -0.2) is 0 Å². The summed E-state index contributed by atoms with van der Waals surface area (Å²) >= 11 is 7.91. The summed E-state index contributed by atoms with van der Waals surface area (Å²) in [6, 6.07) is 12.8. The maximum absolute atomic E-state index is 6.19. The zero-order valence-electron chi connectivity index (χ0n) is 11.5. The zero-order valence-corrected chi connectivity index (χ0v) is 13.0. The first-order valence-corrected chi connectivity index (χ1v) is 8.39. The number of anilines is 1. The molecule has 0 fully saturated rings. The van der Waals surface area contributed by atoms with E-state index in [1.807, 2.05) is 12.3 Å². The molecule has 1 N–H and O–H groups in total. The van der Waals surface area contributed by atoms with Crippen LogP contribution in [0.4, 0.5) is 5.69 Å². The van der Waals surface area contributed by atoms with Crippen LogP contribution < -0.4 is 5.32 Å². The molecule has 0 spiro atoms. The molecule has 1 aliphatic rings. The van der Waals surface area contributed by atoms with Crippen LogP contribution in [0.2, 0.25) is 4.34 Å². The van der Waals surface area contributed by atoms with Gasteiger partial charge in [0.2, 0.25) is 0 Å². The van der Waals surface area contributed by atoms with Crippen molar-refractivity contribution in [3.05, 3.63) is 57.4 Å². The predicted octanol–water partition coefficient (Wildman–Crippen LogP) is 5.44. The van der Waals surface area contributed by atoms with Crippen LogP contribution in [0.1, 0.15) is 29.3 Å². The van der Waals surface area contributed by atoms with E-state index < -0.39 is 0 Å². The van der Waals surface area contributed by atoms with Crippen LogP contribution in [0.25, 0.3) is 10.9 Å². The van der Waals surface area contributed by atoms with E-state index in [-0.39, 0.29) is 0 Å². The Labute approximate surface area is 132 Å². The van der Waals surface area contributed by atoms with Crippen LogP contribution in [0, 0.1) is 0 Å². The van der Waals surface area contributed by atoms with E-state index in [1.54, 1.807) is 11.3 Å². The number of para-hydroxylation sites is 1. The maximum Gasteiger partial charge on any atom is 0.0934 e. The van der Waals surface area contributed by atoms with E-state index in [2.05, 4.69) is 40.6 Å². The summed E-state index contributed by atoms with van der Waals surface area (Å²) < 4.78 is 0.893. The summed E-state index contributed by atoms with van der Waals surface area (Å²) in [6.07, 6.45) is 5.35. The fraction of sp³-hybridized carbons (Fsp3) is 0.235. The molecule has 2 heterocycles. The van der Waals surface area contributed by atoms with Crippen LogP contribution in [0.3, 0.4) is 0 Å². The van der Waals surface area contributed by atoms with E-state index in [1.165, 1.54) is 22.2 Å². The minimum Gasteiger partial charge on any atom is -0.376 e. The molecular formula is C17H15ClN2S. The van der Waals surface area contributed by atoms with E-state index in [0.717, 1.165) is 28.4 Å². The van der Waals surface area contributed by atoms with Crippen molar-refractivity contribution < 1.29 is 0 Å². The highest BCUT2D eigenvalue weighted by Crippen LogP contribution is 2.40. The number of nitrogens with one attached hydrogen (secondary N) is 1. The lowest BCUT2D eigenvalue weighted by molar-refractivity contribution is 0.609. The SMILES string of the molecule is Clc1cc2c(s1)CCCC2Nc1cccc2cccnc12. The summed E-state index contributed by atoms with van der Waals surface area (Å²) in [5.41, 5.74) is 3.51. The van der Waals surface area contributed by atoms with Gasteiger partial charge in [0.25, 0.3) is 0 Å². The Kier molecular flexibility index (Phi) is 3.32. The number of pyridine rings is 1. The van der Waals surface area contributed by atoms with Gasteiger partial charge in [0.05, 0.1) is 21.6 Å². The van der Waals surface area contributed by atoms with E-state index >= 15 is 0 Å². The normalized spacial score (nSPS) is 17.7. The second kappa shape index (κ2) is 5.32. The number of aryl methyl sites for hydroxylation is 1. The maximum atomic E-state index is 6.19. The number of nitrogens with zero attached hydrogens (tertiary/aromatic N) is 1. The molecule has 4 heteroatoms. The predicted molar refractivity (Wildman–Crippen MR) is 90.4 cm³/mol. The Hall–Kier alpha value is -1.58. The van der Waals surface area contributed by atoms with Gasteiger partial charge in [-0.1, -0.05) is 29.8 Å². The highest BCUT2D eigenvalue weighted by atomic mass is 35.5. The Morgan fingerprint density at radius 2 is 2.14 bits per heavy atom. The number of hydrogen-bond acceptors (Lipinski definition) is 3. The summed E-state index contributed by atoms with van der Waals surface area (Å²) in [5.74, 6) is 0. The van der Waals surface area contributed by atoms with Gasteiger partial charge in [0.1, 0.15) is 0 Å². The monoisotopic (exact) mass is 314 g/mol. The van der Waals surface area contributed by atoms with Crippen LogP contribution in [-0.2, 0) is 6.42 Å². The lowest BCUT2D eigenvalue weighted by Crippen LogP contribution is -2.15. The van der Waals surface area contributed by atoms with Gasteiger partial charge < -0.3 is 5.32 Å². The summed E-state index contributed by atoms with van der Waals surface area (Å²) in [7, 11) is 0. The van der Waals surface area contributed by atoms with Gasteiger partial charge in [0.15, 0.2) is 0 Å². The standard InChI is InChI=1S/C17H15ClN2S/c18-16-10-12-13(6-2-8-15(12)21-16)20-14-7-1-4-11-5-3-9-19-17(11)14/h1,3-5,7,9-10,13,20H,2,6,8H2. The van der Waals surface area contributed by atoms with Gasteiger partial charge in [-0.05, 0) is 43.0 Å². The zero-order chi connectivity index (χ0) is 14.2. The average Bonchev–Trinajstić information content (AvgIpc) is 2.89. The van der Waals surface area contributed by atoms with Crippen LogP contribution in [0.5, 0.6) is 0 Å². The third-order valence-electron chi connectivity index (χ3n) is 4.05. The Bertz CT molecular complexity index is 791. The van der Waals surface area contributed by atoms with Crippen molar-refractivity contribution in [3.8, 4) is 0 Å². The molecule has 4 rings (SSSR count). The number of benzene rings is 1. The number of halogens is 1. The highest BCUT2D eigenvalue weighted by Gasteiger charge is 2.23. The molecule has 0 radical (unpaired) electrons. The lowest BCUT2D eigenvalue weighted by Gasteiger charge is -2.25. The third-order valence-corrected chi connectivity index (χ3v) is 5.39. The Balaban J connectivity index is 1.73. The molecule has 0 saturated carbocycles. The molecule has 1 unspecified atom stereocenters. The number of fused-ring (bicyclic) bond motifs is 2. The molecule has 0 bridgehead atoms. The topological polar surface area (TPSA) is 24.9 Å². The molecular weight excluding hydrogens is 300 g/mol. The average molecular weight is 315 g/mol. The van der Waals surface area contributed by atoms with Gasteiger partial charge >= 0.3 is 0 Å². The Morgan fingerprint density at radius 3 is 3.10 bits per heavy atom. The lowest BCUT2D eigenvalue weighted by atomic mass is 9.93.